The first-order valence-corrected chi connectivity index (χ1v) is 8.52. The van der Waals surface area contributed by atoms with Crippen LogP contribution >= 0.6 is 0 Å². The Morgan fingerprint density at radius 3 is 2.52 bits per heavy atom. The van der Waals surface area contributed by atoms with Crippen molar-refractivity contribution in [3.8, 4) is 0 Å². The molecule has 1 aliphatic rings. The number of benzene rings is 2. The van der Waals surface area contributed by atoms with Crippen LogP contribution in [0.2, 0.25) is 0 Å². The van der Waals surface area contributed by atoms with Gasteiger partial charge in [0.25, 0.3) is 0 Å². The van der Waals surface area contributed by atoms with Crippen LogP contribution in [0.5, 0.6) is 0 Å². The van der Waals surface area contributed by atoms with Crippen LogP contribution < -0.4 is 0 Å². The van der Waals surface area contributed by atoms with E-state index in [2.05, 4.69) is 37.3 Å². The summed E-state index contributed by atoms with van der Waals surface area (Å²) < 4.78 is 0. The van der Waals surface area contributed by atoms with Crippen molar-refractivity contribution >= 4 is 10.8 Å². The molecule has 1 atom stereocenters. The molecule has 0 fully saturated rings. The Hall–Kier alpha value is -1.34. The maximum Gasteiger partial charge on any atom is 0.0796 e. The smallest absolute Gasteiger partial charge is 0.0796 e. The average molecular weight is 282 g/mol. The highest BCUT2D eigenvalue weighted by molar-refractivity contribution is 5.93. The molecule has 0 amide bonds. The van der Waals surface area contributed by atoms with Crippen LogP contribution in [0.4, 0.5) is 0 Å². The van der Waals surface area contributed by atoms with Crippen molar-refractivity contribution in [2.75, 3.05) is 0 Å². The molecule has 21 heavy (non-hydrogen) atoms. The molecule has 1 unspecified atom stereocenters. The molecule has 0 heterocycles. The Morgan fingerprint density at radius 2 is 1.71 bits per heavy atom. The minimum atomic E-state index is -0.309. The molecule has 0 saturated heterocycles. The Labute approximate surface area is 128 Å². The van der Waals surface area contributed by atoms with Crippen LogP contribution in [0, 0.1) is 0 Å². The summed E-state index contributed by atoms with van der Waals surface area (Å²) in [5, 5.41) is 13.3. The van der Waals surface area contributed by atoms with E-state index in [9.17, 15) is 5.11 Å². The Morgan fingerprint density at radius 1 is 0.952 bits per heavy atom. The van der Waals surface area contributed by atoms with Gasteiger partial charge in [-0.25, -0.2) is 0 Å². The molecule has 1 aliphatic carbocycles. The molecule has 1 nitrogen and oxygen atoms in total. The van der Waals surface area contributed by atoms with Crippen molar-refractivity contribution in [2.45, 2.75) is 64.4 Å². The van der Waals surface area contributed by atoms with Gasteiger partial charge in [-0.15, -0.1) is 0 Å². The maximum atomic E-state index is 10.6. The van der Waals surface area contributed by atoms with Crippen molar-refractivity contribution in [3.05, 3.63) is 47.0 Å². The number of aryl methyl sites for hydroxylation is 2. The summed E-state index contributed by atoms with van der Waals surface area (Å²) in [6.07, 6.45) is 9.16. The zero-order valence-corrected chi connectivity index (χ0v) is 13.1. The number of hydrogen-bond donors (Lipinski definition) is 1. The number of aliphatic hydroxyl groups is 1. The van der Waals surface area contributed by atoms with Gasteiger partial charge in [-0.3, -0.25) is 0 Å². The molecular weight excluding hydrogens is 256 g/mol. The summed E-state index contributed by atoms with van der Waals surface area (Å²) in [5.41, 5.74) is 4.05. The average Bonchev–Trinajstić information content (AvgIpc) is 2.93. The molecule has 1 heteroatoms. The third-order valence-electron chi connectivity index (χ3n) is 4.85. The van der Waals surface area contributed by atoms with Gasteiger partial charge in [0.05, 0.1) is 6.10 Å². The molecule has 112 valence electrons. The minimum Gasteiger partial charge on any atom is -0.388 e. The summed E-state index contributed by atoms with van der Waals surface area (Å²) in [7, 11) is 0. The van der Waals surface area contributed by atoms with Gasteiger partial charge in [-0.2, -0.15) is 0 Å². The van der Waals surface area contributed by atoms with Gasteiger partial charge >= 0.3 is 0 Å². The molecule has 2 aromatic rings. The Balaban J connectivity index is 1.75. The number of unbranched alkanes of at least 4 members (excludes halogenated alkanes) is 4. The van der Waals surface area contributed by atoms with Gasteiger partial charge in [-0.1, -0.05) is 69.4 Å². The van der Waals surface area contributed by atoms with Gasteiger partial charge in [0, 0.05) is 0 Å². The second-order valence-electron chi connectivity index (χ2n) is 6.37. The normalized spacial score (nSPS) is 14.8. The summed E-state index contributed by atoms with van der Waals surface area (Å²) in [6, 6.07) is 10.9. The quantitative estimate of drug-likeness (QED) is 0.680. The first-order valence-electron chi connectivity index (χ1n) is 8.52. The van der Waals surface area contributed by atoms with Gasteiger partial charge in [0.2, 0.25) is 0 Å². The molecule has 1 N–H and O–H groups in total. The first kappa shape index (κ1) is 14.6. The number of hydrogen-bond acceptors (Lipinski definition) is 1. The van der Waals surface area contributed by atoms with E-state index in [0.717, 1.165) is 31.2 Å². The number of rotatable bonds is 7. The van der Waals surface area contributed by atoms with Crippen LogP contribution in [-0.2, 0) is 12.8 Å². The van der Waals surface area contributed by atoms with Crippen LogP contribution in [0.15, 0.2) is 30.3 Å². The van der Waals surface area contributed by atoms with E-state index in [1.54, 1.807) is 0 Å². The van der Waals surface area contributed by atoms with E-state index in [0.29, 0.717) is 0 Å². The highest BCUT2D eigenvalue weighted by atomic mass is 16.3. The molecule has 3 rings (SSSR count). The maximum absolute atomic E-state index is 10.6. The fourth-order valence-corrected chi connectivity index (χ4v) is 3.66. The zero-order valence-electron chi connectivity index (χ0n) is 13.1. The standard InChI is InChI=1S/C20H26O/c1-2-3-4-5-6-10-19(21)17-14-13-16-12-11-15-8-7-9-18(17)20(15)16/h7-9,13-14,19,21H,2-6,10-12H2,1H3. The van der Waals surface area contributed by atoms with E-state index in [1.807, 2.05) is 0 Å². The monoisotopic (exact) mass is 282 g/mol. The van der Waals surface area contributed by atoms with Gasteiger partial charge < -0.3 is 5.11 Å². The molecule has 0 aromatic heterocycles. The summed E-state index contributed by atoms with van der Waals surface area (Å²) in [6.45, 7) is 2.24. The van der Waals surface area contributed by atoms with E-state index in [-0.39, 0.29) is 6.10 Å². The second kappa shape index (κ2) is 6.62. The fourth-order valence-electron chi connectivity index (χ4n) is 3.66. The largest absolute Gasteiger partial charge is 0.388 e. The van der Waals surface area contributed by atoms with E-state index in [4.69, 9.17) is 0 Å². The molecule has 0 spiro atoms. The van der Waals surface area contributed by atoms with Crippen molar-refractivity contribution in [3.63, 3.8) is 0 Å². The lowest BCUT2D eigenvalue weighted by atomic mass is 9.94. The molecule has 0 saturated carbocycles. The van der Waals surface area contributed by atoms with Crippen LogP contribution in [0.3, 0.4) is 0 Å². The molecule has 2 aromatic carbocycles. The molecule has 0 radical (unpaired) electrons. The van der Waals surface area contributed by atoms with E-state index >= 15 is 0 Å². The van der Waals surface area contributed by atoms with Gasteiger partial charge in [0.15, 0.2) is 0 Å². The summed E-state index contributed by atoms with van der Waals surface area (Å²) in [4.78, 5) is 0. The lowest BCUT2D eigenvalue weighted by molar-refractivity contribution is 0.165. The van der Waals surface area contributed by atoms with Crippen LogP contribution in [0.1, 0.15) is 68.2 Å². The van der Waals surface area contributed by atoms with Crippen LogP contribution in [0.25, 0.3) is 10.8 Å². The third kappa shape index (κ3) is 2.98. The Kier molecular flexibility index (Phi) is 4.60. The van der Waals surface area contributed by atoms with Crippen molar-refractivity contribution in [2.24, 2.45) is 0 Å². The topological polar surface area (TPSA) is 20.2 Å². The van der Waals surface area contributed by atoms with Crippen LogP contribution in [-0.4, -0.2) is 5.11 Å². The third-order valence-corrected chi connectivity index (χ3v) is 4.85. The SMILES string of the molecule is CCCCCCCC(O)c1ccc2c3c(cccc13)CC2. The Bertz CT molecular complexity index is 604. The predicted octanol–water partition coefficient (Wildman–Crippen LogP) is 5.33. The van der Waals surface area contributed by atoms with E-state index < -0.39 is 0 Å². The molecular formula is C20H26O. The highest BCUT2D eigenvalue weighted by Crippen LogP contribution is 2.36. The summed E-state index contributed by atoms with van der Waals surface area (Å²) >= 11 is 0. The van der Waals surface area contributed by atoms with Gasteiger partial charge in [-0.05, 0) is 46.7 Å². The van der Waals surface area contributed by atoms with Gasteiger partial charge in [0.1, 0.15) is 0 Å². The number of aliphatic hydroxyl groups excluding tert-OH is 1. The second-order valence-corrected chi connectivity index (χ2v) is 6.37. The highest BCUT2D eigenvalue weighted by Gasteiger charge is 2.18. The van der Waals surface area contributed by atoms with Crippen molar-refractivity contribution in [1.29, 1.82) is 0 Å². The first-order chi connectivity index (χ1) is 10.3. The van der Waals surface area contributed by atoms with Crippen molar-refractivity contribution in [1.82, 2.24) is 0 Å². The molecule has 0 aliphatic heterocycles. The fraction of sp³-hybridized carbons (Fsp3) is 0.500. The predicted molar refractivity (Wildman–Crippen MR) is 89.7 cm³/mol. The lowest BCUT2D eigenvalue weighted by Gasteiger charge is -2.15. The zero-order chi connectivity index (χ0) is 14.7. The summed E-state index contributed by atoms with van der Waals surface area (Å²) in [5.74, 6) is 0. The lowest BCUT2D eigenvalue weighted by Crippen LogP contribution is -1.99. The minimum absolute atomic E-state index is 0.309. The van der Waals surface area contributed by atoms with E-state index in [1.165, 1.54) is 47.6 Å². The molecule has 0 bridgehead atoms. The van der Waals surface area contributed by atoms with Crippen molar-refractivity contribution < 1.29 is 5.11 Å².